The molecule has 0 bridgehead atoms. The molecule has 3 rings (SSSR count). The predicted molar refractivity (Wildman–Crippen MR) is 121 cm³/mol. The smallest absolute Gasteiger partial charge is 0.295 e. The lowest BCUT2D eigenvalue weighted by molar-refractivity contribution is -0.140. The number of ether oxygens (including phenoxy) is 2. The highest BCUT2D eigenvalue weighted by atomic mass is 16.5. The van der Waals surface area contributed by atoms with Crippen LogP contribution in [0.5, 0.6) is 5.75 Å². The third-order valence-electron chi connectivity index (χ3n) is 5.23. The van der Waals surface area contributed by atoms with Crippen molar-refractivity contribution in [2.75, 3.05) is 19.8 Å². The number of amides is 1. The van der Waals surface area contributed by atoms with Gasteiger partial charge in [0.1, 0.15) is 11.5 Å². The van der Waals surface area contributed by atoms with Gasteiger partial charge in [0.2, 0.25) is 0 Å². The molecule has 1 fully saturated rings. The number of pyridine rings is 1. The summed E-state index contributed by atoms with van der Waals surface area (Å²) in [6.45, 7) is 8.82. The Balaban J connectivity index is 2.03. The summed E-state index contributed by atoms with van der Waals surface area (Å²) in [5.74, 6) is -0.870. The molecule has 2 heterocycles. The van der Waals surface area contributed by atoms with E-state index in [9.17, 15) is 14.7 Å². The van der Waals surface area contributed by atoms with E-state index in [1.807, 2.05) is 27.7 Å². The van der Waals surface area contributed by atoms with Gasteiger partial charge in [-0.05, 0) is 62.6 Å². The molecule has 1 atom stereocenters. The first kappa shape index (κ1) is 23.5. The predicted octanol–water partition coefficient (Wildman–Crippen LogP) is 4.03. The van der Waals surface area contributed by atoms with E-state index < -0.39 is 17.7 Å². The number of aryl methyl sites for hydroxylation is 1. The summed E-state index contributed by atoms with van der Waals surface area (Å²) >= 11 is 0. The van der Waals surface area contributed by atoms with Crippen molar-refractivity contribution < 1.29 is 24.2 Å². The molecule has 1 aromatic heterocycles. The van der Waals surface area contributed by atoms with Crippen molar-refractivity contribution in [2.45, 2.75) is 46.3 Å². The van der Waals surface area contributed by atoms with Gasteiger partial charge in [-0.3, -0.25) is 14.6 Å². The van der Waals surface area contributed by atoms with E-state index in [4.69, 9.17) is 9.47 Å². The molecule has 0 spiro atoms. The van der Waals surface area contributed by atoms with Crippen molar-refractivity contribution >= 4 is 17.4 Å². The van der Waals surface area contributed by atoms with Gasteiger partial charge in [0.25, 0.3) is 11.7 Å². The summed E-state index contributed by atoms with van der Waals surface area (Å²) in [5, 5.41) is 11.2. The highest BCUT2D eigenvalue weighted by Crippen LogP contribution is 2.39. The largest absolute Gasteiger partial charge is 0.507 e. The van der Waals surface area contributed by atoms with Crippen LogP contribution < -0.4 is 4.74 Å². The molecule has 2 aromatic rings. The van der Waals surface area contributed by atoms with Crippen LogP contribution in [0.4, 0.5) is 0 Å². The lowest BCUT2D eigenvalue weighted by atomic mass is 9.95. The quantitative estimate of drug-likeness (QED) is 0.361. The Morgan fingerprint density at radius 2 is 2.00 bits per heavy atom. The van der Waals surface area contributed by atoms with E-state index >= 15 is 0 Å². The zero-order valence-electron chi connectivity index (χ0n) is 19.0. The van der Waals surface area contributed by atoms with Gasteiger partial charge in [-0.2, -0.15) is 0 Å². The van der Waals surface area contributed by atoms with Gasteiger partial charge in [-0.1, -0.05) is 13.0 Å². The summed E-state index contributed by atoms with van der Waals surface area (Å²) in [6, 6.07) is 8.02. The van der Waals surface area contributed by atoms with Crippen LogP contribution in [-0.2, 0) is 14.3 Å². The normalized spacial score (nSPS) is 17.9. The standard InChI is InChI=1S/C25H30N2O5/c1-5-12-32-20-9-8-18(14-17(20)4)23(28)21-22(19-7-6-10-26-15-19)27(25(30)24(21)29)11-13-31-16(2)3/h6-10,14-16,22,28H,5,11-13H2,1-4H3/b23-21-. The summed E-state index contributed by atoms with van der Waals surface area (Å²) in [7, 11) is 0. The monoisotopic (exact) mass is 438 g/mol. The molecule has 7 heteroatoms. The van der Waals surface area contributed by atoms with E-state index in [0.717, 1.165) is 17.7 Å². The minimum Gasteiger partial charge on any atom is -0.507 e. The van der Waals surface area contributed by atoms with Gasteiger partial charge in [0.05, 0.1) is 30.9 Å². The van der Waals surface area contributed by atoms with Crippen molar-refractivity contribution in [1.82, 2.24) is 9.88 Å². The van der Waals surface area contributed by atoms with Crippen LogP contribution in [0.1, 0.15) is 49.9 Å². The molecule has 1 aliphatic heterocycles. The molecule has 1 N–H and O–H groups in total. The molecule has 170 valence electrons. The van der Waals surface area contributed by atoms with Crippen molar-refractivity contribution in [1.29, 1.82) is 0 Å². The number of nitrogens with zero attached hydrogens (tertiary/aromatic N) is 2. The Morgan fingerprint density at radius 1 is 1.22 bits per heavy atom. The van der Waals surface area contributed by atoms with Crippen molar-refractivity contribution in [3.63, 3.8) is 0 Å². The third-order valence-corrected chi connectivity index (χ3v) is 5.23. The van der Waals surface area contributed by atoms with Crippen LogP contribution in [-0.4, -0.2) is 52.5 Å². The average molecular weight is 439 g/mol. The minimum absolute atomic E-state index is 0.0000748. The number of aliphatic hydroxyl groups is 1. The van der Waals surface area contributed by atoms with Crippen molar-refractivity contribution in [3.05, 3.63) is 65.0 Å². The molecule has 7 nitrogen and oxygen atoms in total. The van der Waals surface area contributed by atoms with Crippen LogP contribution >= 0.6 is 0 Å². The van der Waals surface area contributed by atoms with Gasteiger partial charge in [0, 0.05) is 24.5 Å². The zero-order valence-corrected chi connectivity index (χ0v) is 19.0. The Morgan fingerprint density at radius 3 is 2.62 bits per heavy atom. The second kappa shape index (κ2) is 10.4. The molecule has 32 heavy (non-hydrogen) atoms. The molecule has 1 aliphatic rings. The van der Waals surface area contributed by atoms with Crippen LogP contribution in [0.25, 0.3) is 5.76 Å². The third kappa shape index (κ3) is 4.99. The second-order valence-corrected chi connectivity index (χ2v) is 8.03. The molecular formula is C25H30N2O5. The van der Waals surface area contributed by atoms with Crippen LogP contribution in [0.2, 0.25) is 0 Å². The first-order valence-electron chi connectivity index (χ1n) is 10.9. The topological polar surface area (TPSA) is 89.0 Å². The first-order valence-corrected chi connectivity index (χ1v) is 10.9. The molecule has 1 unspecified atom stereocenters. The highest BCUT2D eigenvalue weighted by molar-refractivity contribution is 6.46. The fraction of sp³-hybridized carbons (Fsp3) is 0.400. The SMILES string of the molecule is CCCOc1ccc(/C(O)=C2/C(=O)C(=O)N(CCOC(C)C)C2c2cccnc2)cc1C. The number of likely N-dealkylation sites (tertiary alicyclic amines) is 1. The van der Waals surface area contributed by atoms with Gasteiger partial charge in [0.15, 0.2) is 0 Å². The molecular weight excluding hydrogens is 408 g/mol. The van der Waals surface area contributed by atoms with E-state index in [2.05, 4.69) is 4.98 Å². The number of Topliss-reactive ketones (excluding diaryl/α,β-unsaturated/α-hetero) is 1. The Labute approximate surface area is 188 Å². The number of rotatable bonds is 9. The number of carbonyl (C=O) groups is 2. The number of aliphatic hydroxyl groups excluding tert-OH is 1. The van der Waals surface area contributed by atoms with Gasteiger partial charge < -0.3 is 19.5 Å². The van der Waals surface area contributed by atoms with Gasteiger partial charge >= 0.3 is 0 Å². The second-order valence-electron chi connectivity index (χ2n) is 8.03. The summed E-state index contributed by atoms with van der Waals surface area (Å²) < 4.78 is 11.3. The van der Waals surface area contributed by atoms with E-state index in [1.165, 1.54) is 4.90 Å². The fourth-order valence-corrected chi connectivity index (χ4v) is 3.71. The minimum atomic E-state index is -0.740. The maximum atomic E-state index is 13.0. The van der Waals surface area contributed by atoms with Crippen LogP contribution in [0.15, 0.2) is 48.3 Å². The Kier molecular flexibility index (Phi) is 7.64. The molecule has 0 aliphatic carbocycles. The highest BCUT2D eigenvalue weighted by Gasteiger charge is 2.46. The van der Waals surface area contributed by atoms with E-state index in [-0.39, 0.29) is 30.6 Å². The number of carbonyl (C=O) groups excluding carboxylic acids is 2. The van der Waals surface area contributed by atoms with Gasteiger partial charge in [-0.25, -0.2) is 0 Å². The summed E-state index contributed by atoms with van der Waals surface area (Å²) in [6.07, 6.45) is 4.11. The number of benzene rings is 1. The zero-order chi connectivity index (χ0) is 23.3. The Hall–Kier alpha value is -3.19. The molecule has 0 saturated carbocycles. The van der Waals surface area contributed by atoms with Crippen molar-refractivity contribution in [2.24, 2.45) is 0 Å². The number of aromatic nitrogens is 1. The summed E-state index contributed by atoms with van der Waals surface area (Å²) in [4.78, 5) is 31.5. The first-order chi connectivity index (χ1) is 15.3. The molecule has 1 amide bonds. The summed E-state index contributed by atoms with van der Waals surface area (Å²) in [5.41, 5.74) is 1.99. The molecule has 0 radical (unpaired) electrons. The average Bonchev–Trinajstić information content (AvgIpc) is 3.03. The number of hydrogen-bond acceptors (Lipinski definition) is 6. The maximum absolute atomic E-state index is 13.0. The Bertz CT molecular complexity index is 1000. The van der Waals surface area contributed by atoms with E-state index in [1.54, 1.807) is 42.7 Å². The number of ketones is 1. The van der Waals surface area contributed by atoms with Crippen LogP contribution in [0, 0.1) is 6.92 Å². The van der Waals surface area contributed by atoms with E-state index in [0.29, 0.717) is 17.7 Å². The number of hydrogen-bond donors (Lipinski definition) is 1. The van der Waals surface area contributed by atoms with Crippen molar-refractivity contribution in [3.8, 4) is 5.75 Å². The molecule has 1 saturated heterocycles. The van der Waals surface area contributed by atoms with Gasteiger partial charge in [-0.15, -0.1) is 0 Å². The maximum Gasteiger partial charge on any atom is 0.295 e. The lowest BCUT2D eigenvalue weighted by Crippen LogP contribution is -2.33. The fourth-order valence-electron chi connectivity index (χ4n) is 3.71. The van der Waals surface area contributed by atoms with Crippen LogP contribution in [0.3, 0.4) is 0 Å². The molecule has 1 aromatic carbocycles. The lowest BCUT2D eigenvalue weighted by Gasteiger charge is -2.25.